The minimum Gasteiger partial charge on any atom is -0.632 e. The molecule has 1 aromatic rings. The first kappa shape index (κ1) is 9.69. The van der Waals surface area contributed by atoms with Crippen molar-refractivity contribution in [2.75, 3.05) is 7.05 Å². The van der Waals surface area contributed by atoms with Gasteiger partial charge >= 0.3 is 0 Å². The molecule has 1 saturated heterocycles. The highest BCUT2D eigenvalue weighted by atomic mass is 16.5. The SMILES string of the molecule is C[C@@H]1CC[C@@H](c2ccccc2)[N+]1(C)[O-]. The van der Waals surface area contributed by atoms with Gasteiger partial charge in [0.15, 0.2) is 0 Å². The van der Waals surface area contributed by atoms with Gasteiger partial charge in [-0.2, -0.15) is 0 Å². The van der Waals surface area contributed by atoms with E-state index in [2.05, 4.69) is 19.1 Å². The molecule has 0 saturated carbocycles. The molecule has 0 bridgehead atoms. The van der Waals surface area contributed by atoms with Crippen LogP contribution in [0.3, 0.4) is 0 Å². The van der Waals surface area contributed by atoms with Crippen molar-refractivity contribution in [1.29, 1.82) is 0 Å². The lowest BCUT2D eigenvalue weighted by molar-refractivity contribution is -0.900. The molecule has 1 unspecified atom stereocenters. The van der Waals surface area contributed by atoms with Crippen LogP contribution in [-0.2, 0) is 0 Å². The van der Waals surface area contributed by atoms with Crippen LogP contribution >= 0.6 is 0 Å². The van der Waals surface area contributed by atoms with Crippen LogP contribution in [0, 0.1) is 5.21 Å². The molecule has 0 amide bonds. The molecule has 0 N–H and O–H groups in total. The Bertz CT molecular complexity index is 307. The van der Waals surface area contributed by atoms with Gasteiger partial charge < -0.3 is 9.85 Å². The molecule has 0 aromatic heterocycles. The fourth-order valence-corrected chi connectivity index (χ4v) is 2.36. The van der Waals surface area contributed by atoms with Gasteiger partial charge in [-0.1, -0.05) is 30.3 Å². The summed E-state index contributed by atoms with van der Waals surface area (Å²) in [4.78, 5) is 0. The zero-order valence-electron chi connectivity index (χ0n) is 8.81. The molecular formula is C12H17NO. The van der Waals surface area contributed by atoms with Crippen LogP contribution in [0.25, 0.3) is 0 Å². The van der Waals surface area contributed by atoms with E-state index in [1.54, 1.807) is 7.05 Å². The fraction of sp³-hybridized carbons (Fsp3) is 0.500. The van der Waals surface area contributed by atoms with Crippen molar-refractivity contribution in [3.05, 3.63) is 41.1 Å². The van der Waals surface area contributed by atoms with Crippen molar-refractivity contribution in [2.24, 2.45) is 0 Å². The van der Waals surface area contributed by atoms with Crippen LogP contribution in [0.4, 0.5) is 0 Å². The molecule has 0 spiro atoms. The Hall–Kier alpha value is -0.860. The average Bonchev–Trinajstić information content (AvgIpc) is 2.44. The zero-order chi connectivity index (χ0) is 10.2. The highest BCUT2D eigenvalue weighted by Gasteiger charge is 2.37. The smallest absolute Gasteiger partial charge is 0.115 e. The average molecular weight is 191 g/mol. The number of quaternary nitrogens is 1. The molecule has 0 aliphatic carbocycles. The van der Waals surface area contributed by atoms with Crippen LogP contribution in [0.1, 0.15) is 31.4 Å². The normalized spacial score (nSPS) is 37.4. The zero-order valence-corrected chi connectivity index (χ0v) is 8.81. The van der Waals surface area contributed by atoms with Crippen LogP contribution < -0.4 is 0 Å². The minimum atomic E-state index is -0.107. The number of nitrogens with zero attached hydrogens (tertiary/aromatic N) is 1. The van der Waals surface area contributed by atoms with Crippen molar-refractivity contribution in [3.63, 3.8) is 0 Å². The van der Waals surface area contributed by atoms with Crippen LogP contribution in [-0.4, -0.2) is 17.7 Å². The second-order valence-corrected chi connectivity index (χ2v) is 4.41. The van der Waals surface area contributed by atoms with E-state index in [1.807, 2.05) is 18.2 Å². The lowest BCUT2D eigenvalue weighted by Gasteiger charge is -2.44. The number of benzene rings is 1. The van der Waals surface area contributed by atoms with E-state index >= 15 is 0 Å². The number of hydrogen-bond acceptors (Lipinski definition) is 1. The predicted molar refractivity (Wildman–Crippen MR) is 57.4 cm³/mol. The van der Waals surface area contributed by atoms with Gasteiger partial charge in [-0.15, -0.1) is 0 Å². The van der Waals surface area contributed by atoms with E-state index in [0.717, 1.165) is 12.8 Å². The van der Waals surface area contributed by atoms with Crippen molar-refractivity contribution in [3.8, 4) is 0 Å². The maximum Gasteiger partial charge on any atom is 0.115 e. The number of hydroxylamine groups is 3. The number of rotatable bonds is 1. The third-order valence-electron chi connectivity index (χ3n) is 3.54. The monoisotopic (exact) mass is 191 g/mol. The third kappa shape index (κ3) is 1.45. The Balaban J connectivity index is 2.29. The summed E-state index contributed by atoms with van der Waals surface area (Å²) in [7, 11) is 1.80. The van der Waals surface area contributed by atoms with Crippen molar-refractivity contribution in [1.82, 2.24) is 0 Å². The molecule has 14 heavy (non-hydrogen) atoms. The molecule has 3 atom stereocenters. The molecule has 76 valence electrons. The van der Waals surface area contributed by atoms with Gasteiger partial charge in [-0.3, -0.25) is 0 Å². The summed E-state index contributed by atoms with van der Waals surface area (Å²) in [5.41, 5.74) is 1.19. The van der Waals surface area contributed by atoms with E-state index in [1.165, 1.54) is 5.56 Å². The van der Waals surface area contributed by atoms with Crippen molar-refractivity contribution >= 4 is 0 Å². The molecule has 1 aliphatic heterocycles. The van der Waals surface area contributed by atoms with E-state index in [0.29, 0.717) is 0 Å². The Kier molecular flexibility index (Phi) is 2.33. The summed E-state index contributed by atoms with van der Waals surface area (Å²) in [6.07, 6.45) is 2.06. The Morgan fingerprint density at radius 3 is 2.36 bits per heavy atom. The topological polar surface area (TPSA) is 23.1 Å². The molecule has 2 rings (SSSR count). The molecule has 1 aliphatic rings. The van der Waals surface area contributed by atoms with Crippen LogP contribution in [0.5, 0.6) is 0 Å². The van der Waals surface area contributed by atoms with Gasteiger partial charge in [0.2, 0.25) is 0 Å². The first-order valence-corrected chi connectivity index (χ1v) is 5.24. The Morgan fingerprint density at radius 1 is 1.21 bits per heavy atom. The summed E-state index contributed by atoms with van der Waals surface area (Å²) in [5.74, 6) is 0. The minimum absolute atomic E-state index is 0.107. The molecule has 1 heterocycles. The van der Waals surface area contributed by atoms with E-state index in [4.69, 9.17) is 0 Å². The predicted octanol–water partition coefficient (Wildman–Crippen LogP) is 2.85. The van der Waals surface area contributed by atoms with Gasteiger partial charge in [-0.05, 0) is 6.92 Å². The number of likely N-dealkylation sites (tertiary alicyclic amines) is 1. The Labute approximate surface area is 85.3 Å². The first-order chi connectivity index (χ1) is 6.62. The van der Waals surface area contributed by atoms with E-state index in [9.17, 15) is 5.21 Å². The third-order valence-corrected chi connectivity index (χ3v) is 3.54. The summed E-state index contributed by atoms with van der Waals surface area (Å²) in [6.45, 7) is 2.05. The molecule has 2 nitrogen and oxygen atoms in total. The molecular weight excluding hydrogens is 174 g/mol. The highest BCUT2D eigenvalue weighted by Crippen LogP contribution is 2.40. The summed E-state index contributed by atoms with van der Waals surface area (Å²) < 4.78 is -0.107. The van der Waals surface area contributed by atoms with Gasteiger partial charge in [-0.25, -0.2) is 0 Å². The van der Waals surface area contributed by atoms with Crippen LogP contribution in [0.2, 0.25) is 0 Å². The molecule has 1 aromatic carbocycles. The second kappa shape index (κ2) is 3.37. The van der Waals surface area contributed by atoms with Gasteiger partial charge in [0, 0.05) is 18.4 Å². The quantitative estimate of drug-likeness (QED) is 0.494. The lowest BCUT2D eigenvalue weighted by atomic mass is 10.1. The largest absolute Gasteiger partial charge is 0.632 e. The van der Waals surface area contributed by atoms with Gasteiger partial charge in [0.05, 0.1) is 13.1 Å². The molecule has 0 radical (unpaired) electrons. The van der Waals surface area contributed by atoms with Crippen molar-refractivity contribution in [2.45, 2.75) is 31.8 Å². The number of hydrogen-bond donors (Lipinski definition) is 0. The lowest BCUT2D eigenvalue weighted by Crippen LogP contribution is -2.42. The Morgan fingerprint density at radius 2 is 1.86 bits per heavy atom. The van der Waals surface area contributed by atoms with Crippen LogP contribution in [0.15, 0.2) is 30.3 Å². The summed E-state index contributed by atoms with van der Waals surface area (Å²) in [5, 5.41) is 12.3. The maximum atomic E-state index is 12.3. The highest BCUT2D eigenvalue weighted by molar-refractivity contribution is 5.18. The second-order valence-electron chi connectivity index (χ2n) is 4.41. The summed E-state index contributed by atoms with van der Waals surface area (Å²) >= 11 is 0. The van der Waals surface area contributed by atoms with Crippen molar-refractivity contribution < 1.29 is 4.65 Å². The first-order valence-electron chi connectivity index (χ1n) is 5.24. The standard InChI is InChI=1S/C12H17NO/c1-10-8-9-12(13(10,2)14)11-6-4-3-5-7-11/h3-7,10,12H,8-9H2,1-2H3/t10-,12+,13?/m1/s1. The van der Waals surface area contributed by atoms with E-state index < -0.39 is 0 Å². The summed E-state index contributed by atoms with van der Waals surface area (Å²) in [6, 6.07) is 10.5. The molecule has 1 fully saturated rings. The maximum absolute atomic E-state index is 12.3. The molecule has 2 heteroatoms. The van der Waals surface area contributed by atoms with E-state index in [-0.39, 0.29) is 16.7 Å². The van der Waals surface area contributed by atoms with Gasteiger partial charge in [0.25, 0.3) is 0 Å². The fourth-order valence-electron chi connectivity index (χ4n) is 2.36. The van der Waals surface area contributed by atoms with Gasteiger partial charge in [0.1, 0.15) is 6.04 Å².